The molecule has 0 unspecified atom stereocenters. The van der Waals surface area contributed by atoms with Crippen LogP contribution in [0.3, 0.4) is 0 Å². The Labute approximate surface area is 188 Å². The van der Waals surface area contributed by atoms with E-state index in [1.165, 1.54) is 36.8 Å². The topological polar surface area (TPSA) is 49.0 Å². The molecule has 2 aliphatic heterocycles. The predicted octanol–water partition coefficient (Wildman–Crippen LogP) is 3.38. The number of benzene rings is 2. The first kappa shape index (κ1) is 20.5. The van der Waals surface area contributed by atoms with Crippen molar-refractivity contribution in [1.29, 1.82) is 0 Å². The molecule has 1 aromatic heterocycles. The van der Waals surface area contributed by atoms with Gasteiger partial charge in [-0.15, -0.1) is 0 Å². The van der Waals surface area contributed by atoms with Crippen LogP contribution in [0.5, 0.6) is 0 Å². The zero-order valence-corrected chi connectivity index (χ0v) is 19.0. The summed E-state index contributed by atoms with van der Waals surface area (Å²) in [6, 6.07) is 14.4. The van der Waals surface area contributed by atoms with Crippen molar-refractivity contribution in [2.45, 2.75) is 25.7 Å². The van der Waals surface area contributed by atoms with Gasteiger partial charge in [-0.1, -0.05) is 12.1 Å². The summed E-state index contributed by atoms with van der Waals surface area (Å²) in [5.74, 6) is -0.443. The highest BCUT2D eigenvalue weighted by molar-refractivity contribution is 6.45. The van der Waals surface area contributed by atoms with Crippen molar-refractivity contribution in [2.24, 2.45) is 12.1 Å². The van der Waals surface area contributed by atoms with Gasteiger partial charge in [0.05, 0.1) is 18.2 Å². The smallest absolute Gasteiger partial charge is 0.359 e. The minimum Gasteiger partial charge on any atom is -0.464 e. The van der Waals surface area contributed by atoms with Gasteiger partial charge in [-0.3, -0.25) is 5.01 Å². The lowest BCUT2D eigenvalue weighted by Crippen LogP contribution is -2.34. The van der Waals surface area contributed by atoms with Crippen LogP contribution in [0.15, 0.2) is 53.8 Å². The molecule has 0 amide bonds. The molecule has 0 radical (unpaired) electrons. The molecule has 0 bridgehead atoms. The molecule has 0 N–H and O–H groups in total. The molecule has 2 aliphatic rings. The molecule has 2 aromatic carbocycles. The maximum atomic E-state index is 12.8. The van der Waals surface area contributed by atoms with Crippen molar-refractivity contribution in [1.82, 2.24) is 0 Å². The highest BCUT2D eigenvalue weighted by atomic mass is 16.5. The van der Waals surface area contributed by atoms with Gasteiger partial charge >= 0.3 is 5.97 Å². The van der Waals surface area contributed by atoms with Crippen LogP contribution in [0, 0.1) is 0 Å². The van der Waals surface area contributed by atoms with E-state index < -0.39 is 5.97 Å². The molecule has 5 rings (SSSR count). The van der Waals surface area contributed by atoms with Gasteiger partial charge in [-0.25, -0.2) is 9.36 Å². The Balaban J connectivity index is 1.60. The van der Waals surface area contributed by atoms with Gasteiger partial charge in [-0.2, -0.15) is 5.10 Å². The Morgan fingerprint density at radius 2 is 1.78 bits per heavy atom. The van der Waals surface area contributed by atoms with Crippen molar-refractivity contribution >= 4 is 34.0 Å². The molecule has 6 nitrogen and oxygen atoms in total. The van der Waals surface area contributed by atoms with Crippen LogP contribution in [-0.2, 0) is 29.4 Å². The van der Waals surface area contributed by atoms with Crippen LogP contribution in [0.4, 0.5) is 11.4 Å². The summed E-state index contributed by atoms with van der Waals surface area (Å²) in [6.07, 6.45) is 6.50. The number of ether oxygens (including phenoxy) is 1. The molecule has 0 fully saturated rings. The second kappa shape index (κ2) is 8.26. The number of hydrazone groups is 1. The summed E-state index contributed by atoms with van der Waals surface area (Å²) >= 11 is 0. The molecule has 0 atom stereocenters. The zero-order chi connectivity index (χ0) is 22.2. The number of aryl methyl sites for hydroxylation is 3. The molecule has 3 heterocycles. The zero-order valence-electron chi connectivity index (χ0n) is 19.0. The van der Waals surface area contributed by atoms with E-state index in [0.29, 0.717) is 5.71 Å². The van der Waals surface area contributed by atoms with E-state index in [1.54, 1.807) is 0 Å². The Kier molecular flexibility index (Phi) is 5.29. The average Bonchev–Trinajstić information content (AvgIpc) is 2.83. The summed E-state index contributed by atoms with van der Waals surface area (Å²) in [5, 5.41) is 7.56. The van der Waals surface area contributed by atoms with E-state index in [9.17, 15) is 4.79 Å². The molecule has 6 heteroatoms. The van der Waals surface area contributed by atoms with Crippen LogP contribution < -0.4 is 14.5 Å². The van der Waals surface area contributed by atoms with Gasteiger partial charge < -0.3 is 9.64 Å². The van der Waals surface area contributed by atoms with Crippen LogP contribution in [0.1, 0.15) is 29.5 Å². The van der Waals surface area contributed by atoms with Gasteiger partial charge in [0, 0.05) is 43.5 Å². The number of para-hydroxylation sites is 1. The molecule has 0 aliphatic carbocycles. The Morgan fingerprint density at radius 3 is 2.47 bits per heavy atom. The number of carbonyl (C=O) groups is 1. The molecule has 0 saturated heterocycles. The van der Waals surface area contributed by atoms with Gasteiger partial charge in [0.1, 0.15) is 7.05 Å². The van der Waals surface area contributed by atoms with Crippen molar-refractivity contribution in [3.8, 4) is 0 Å². The third-order valence-electron chi connectivity index (χ3n) is 6.61. The number of aromatic nitrogens is 1. The minimum absolute atomic E-state index is 0.305. The summed E-state index contributed by atoms with van der Waals surface area (Å²) in [5.41, 5.74) is 7.32. The minimum atomic E-state index is -0.443. The van der Waals surface area contributed by atoms with Gasteiger partial charge in [-0.05, 0) is 55.0 Å². The number of pyridine rings is 1. The Morgan fingerprint density at radius 1 is 1.09 bits per heavy atom. The second-order valence-corrected chi connectivity index (χ2v) is 8.63. The maximum Gasteiger partial charge on any atom is 0.359 e. The monoisotopic (exact) mass is 429 g/mol. The lowest BCUT2D eigenvalue weighted by molar-refractivity contribution is -0.644. The first-order valence-electron chi connectivity index (χ1n) is 11.3. The number of carbonyl (C=O) groups excluding carboxylic acids is 1. The van der Waals surface area contributed by atoms with E-state index >= 15 is 0 Å². The number of nitrogens with zero attached hydrogens (tertiary/aromatic N) is 4. The van der Waals surface area contributed by atoms with E-state index in [0.717, 1.165) is 48.1 Å². The van der Waals surface area contributed by atoms with Crippen LogP contribution in [0.2, 0.25) is 0 Å². The number of hydrogen-bond acceptors (Lipinski definition) is 5. The summed E-state index contributed by atoms with van der Waals surface area (Å²) < 4.78 is 7.17. The maximum absolute atomic E-state index is 12.8. The van der Waals surface area contributed by atoms with Crippen LogP contribution >= 0.6 is 0 Å². The number of fused-ring (bicyclic) bond motifs is 1. The van der Waals surface area contributed by atoms with Crippen molar-refractivity contribution < 1.29 is 14.1 Å². The van der Waals surface area contributed by atoms with Crippen LogP contribution in [-0.4, -0.2) is 38.9 Å². The van der Waals surface area contributed by atoms with Gasteiger partial charge in [0.2, 0.25) is 5.52 Å². The molecular weight excluding hydrogens is 400 g/mol. The Hall–Kier alpha value is -3.41. The lowest BCUT2D eigenvalue weighted by Gasteiger charge is -2.37. The number of anilines is 2. The van der Waals surface area contributed by atoms with E-state index in [4.69, 9.17) is 9.84 Å². The molecule has 3 aromatic rings. The number of esters is 1. The third-order valence-corrected chi connectivity index (χ3v) is 6.61. The number of rotatable bonds is 4. The first-order chi connectivity index (χ1) is 15.6. The largest absolute Gasteiger partial charge is 0.464 e. The predicted molar refractivity (Wildman–Crippen MR) is 127 cm³/mol. The van der Waals surface area contributed by atoms with E-state index in [2.05, 4.69) is 17.0 Å². The van der Waals surface area contributed by atoms with Crippen molar-refractivity contribution in [3.63, 3.8) is 0 Å². The first-order valence-corrected chi connectivity index (χ1v) is 11.3. The summed E-state index contributed by atoms with van der Waals surface area (Å²) in [6.45, 7) is 2.30. The fourth-order valence-corrected chi connectivity index (χ4v) is 5.05. The third kappa shape index (κ3) is 3.49. The lowest BCUT2D eigenvalue weighted by atomic mass is 9.91. The van der Waals surface area contributed by atoms with E-state index in [-0.39, 0.29) is 0 Å². The van der Waals surface area contributed by atoms with E-state index in [1.807, 2.05) is 60.2 Å². The number of methoxy groups -OCH3 is 1. The van der Waals surface area contributed by atoms with Gasteiger partial charge in [0.15, 0.2) is 11.9 Å². The normalized spacial score (nSPS) is 15.5. The molecule has 0 spiro atoms. The molecular formula is C26H29N4O2+. The SMILES string of the molecule is COC(=O)/C(=N\N(C)c1cc2c3c(c1)CCCN3CCC2)c1cc[n+](C)c2ccccc12. The summed E-state index contributed by atoms with van der Waals surface area (Å²) in [7, 11) is 5.31. The summed E-state index contributed by atoms with van der Waals surface area (Å²) in [4.78, 5) is 15.4. The molecule has 0 saturated carbocycles. The highest BCUT2D eigenvalue weighted by Gasteiger charge is 2.26. The number of hydrogen-bond donors (Lipinski definition) is 0. The van der Waals surface area contributed by atoms with Gasteiger partial charge in [0.25, 0.3) is 0 Å². The van der Waals surface area contributed by atoms with Crippen molar-refractivity contribution in [3.05, 3.63) is 65.4 Å². The fraction of sp³-hybridized carbons (Fsp3) is 0.346. The Bertz CT molecular complexity index is 1200. The van der Waals surface area contributed by atoms with Crippen LogP contribution in [0.25, 0.3) is 10.9 Å². The standard InChI is InChI=1S/C26H29N4O2/c1-28-15-12-22(21-10-4-5-11-23(21)28)24(26(31)32-3)27-29(2)20-16-18-8-6-13-30-14-7-9-19(17-20)25(18)30/h4-5,10-12,15-17H,6-9,13-14H2,1-3H3/q+1. The molecule has 164 valence electrons. The average molecular weight is 430 g/mol. The molecule has 32 heavy (non-hydrogen) atoms. The fourth-order valence-electron chi connectivity index (χ4n) is 5.05. The quantitative estimate of drug-likeness (QED) is 0.276. The van der Waals surface area contributed by atoms with Crippen molar-refractivity contribution in [2.75, 3.05) is 37.2 Å². The second-order valence-electron chi connectivity index (χ2n) is 8.63. The highest BCUT2D eigenvalue weighted by Crippen LogP contribution is 2.38.